The number of ether oxygens (including phenoxy) is 1. The SMILES string of the molecule is C[C@@]12CCC(=O)C=C1CC[C@H]1C2C(O)C[C@]2(C)C1CC[C@@]2(O)C(=O)COC(=O)CCl. The molecule has 0 amide bonds. The third-order valence-corrected chi connectivity index (χ3v) is 9.20. The molecule has 0 saturated heterocycles. The molecule has 0 aromatic carbocycles. The largest absolute Gasteiger partial charge is 0.457 e. The lowest BCUT2D eigenvalue weighted by Crippen LogP contribution is -2.62. The van der Waals surface area contributed by atoms with E-state index in [1.165, 1.54) is 0 Å². The standard InChI is InChI=1S/C23H31ClO6/c1-21-7-5-14(25)9-13(21)3-4-15-16-6-8-23(29,18(27)12-30-19(28)11-24)22(16,2)10-17(26)20(15)21/h9,15-17,20,26,29H,3-8,10-12H2,1-2H3/t15-,16?,17?,20?,21-,22-,23-/m1/s1. The molecule has 0 heterocycles. The fourth-order valence-corrected chi connectivity index (χ4v) is 7.53. The minimum absolute atomic E-state index is 0.0233. The van der Waals surface area contributed by atoms with Crippen LogP contribution in [0.5, 0.6) is 0 Å². The van der Waals surface area contributed by atoms with Crippen molar-refractivity contribution in [1.82, 2.24) is 0 Å². The molecule has 0 radical (unpaired) electrons. The van der Waals surface area contributed by atoms with Crippen LogP contribution in [0.25, 0.3) is 0 Å². The maximum absolute atomic E-state index is 12.9. The summed E-state index contributed by atoms with van der Waals surface area (Å²) in [5, 5.41) is 22.8. The Kier molecular flexibility index (Phi) is 5.43. The van der Waals surface area contributed by atoms with Crippen molar-refractivity contribution >= 4 is 29.1 Å². The minimum Gasteiger partial charge on any atom is -0.457 e. The molecule has 166 valence electrons. The van der Waals surface area contributed by atoms with E-state index in [2.05, 4.69) is 6.92 Å². The van der Waals surface area contributed by atoms with Crippen LogP contribution in [0.1, 0.15) is 58.8 Å². The first-order valence-corrected chi connectivity index (χ1v) is 11.5. The van der Waals surface area contributed by atoms with E-state index in [1.54, 1.807) is 6.08 Å². The van der Waals surface area contributed by atoms with Gasteiger partial charge < -0.3 is 14.9 Å². The van der Waals surface area contributed by atoms with Crippen LogP contribution >= 0.6 is 11.6 Å². The smallest absolute Gasteiger partial charge is 0.321 e. The maximum Gasteiger partial charge on any atom is 0.321 e. The summed E-state index contributed by atoms with van der Waals surface area (Å²) in [5.74, 6) is -1.07. The van der Waals surface area contributed by atoms with Gasteiger partial charge >= 0.3 is 5.97 Å². The number of aliphatic hydroxyl groups is 2. The predicted molar refractivity (Wildman–Crippen MR) is 110 cm³/mol. The third-order valence-electron chi connectivity index (χ3n) is 8.98. The van der Waals surface area contributed by atoms with E-state index < -0.39 is 35.5 Å². The second-order valence-electron chi connectivity index (χ2n) is 10.2. The number of alkyl halides is 1. The molecule has 0 aromatic rings. The highest BCUT2D eigenvalue weighted by atomic mass is 35.5. The first-order chi connectivity index (χ1) is 14.1. The highest BCUT2D eigenvalue weighted by Crippen LogP contribution is 2.67. The third kappa shape index (κ3) is 3.01. The summed E-state index contributed by atoms with van der Waals surface area (Å²) >= 11 is 5.43. The number of esters is 1. The van der Waals surface area contributed by atoms with Crippen molar-refractivity contribution < 1.29 is 29.3 Å². The average Bonchev–Trinajstić information content (AvgIpc) is 2.97. The number of fused-ring (bicyclic) bond motifs is 5. The molecule has 6 nitrogen and oxygen atoms in total. The molecule has 3 unspecified atom stereocenters. The van der Waals surface area contributed by atoms with Gasteiger partial charge in [-0.15, -0.1) is 11.6 Å². The number of rotatable bonds is 4. The van der Waals surface area contributed by atoms with Gasteiger partial charge in [-0.25, -0.2) is 0 Å². The van der Waals surface area contributed by atoms with Gasteiger partial charge in [-0.3, -0.25) is 14.4 Å². The zero-order valence-electron chi connectivity index (χ0n) is 17.7. The zero-order valence-corrected chi connectivity index (χ0v) is 18.4. The Morgan fingerprint density at radius 3 is 2.67 bits per heavy atom. The second kappa shape index (κ2) is 7.42. The average molecular weight is 439 g/mol. The first kappa shape index (κ1) is 22.0. The molecule has 7 heteroatoms. The number of Topliss-reactive ketones (excluding diaryl/α,β-unsaturated/α-hetero) is 1. The van der Waals surface area contributed by atoms with Crippen LogP contribution in [0.4, 0.5) is 0 Å². The van der Waals surface area contributed by atoms with Crippen LogP contribution in [0.3, 0.4) is 0 Å². The van der Waals surface area contributed by atoms with Crippen molar-refractivity contribution in [3.05, 3.63) is 11.6 Å². The minimum atomic E-state index is -1.63. The van der Waals surface area contributed by atoms with Crippen molar-refractivity contribution in [3.8, 4) is 0 Å². The van der Waals surface area contributed by atoms with E-state index in [4.69, 9.17) is 16.3 Å². The van der Waals surface area contributed by atoms with E-state index in [-0.39, 0.29) is 34.8 Å². The summed E-state index contributed by atoms with van der Waals surface area (Å²) in [4.78, 5) is 36.3. The zero-order chi connectivity index (χ0) is 21.9. The molecule has 4 aliphatic rings. The van der Waals surface area contributed by atoms with Gasteiger partial charge in [0.05, 0.1) is 6.10 Å². The van der Waals surface area contributed by atoms with Crippen LogP contribution in [0, 0.1) is 28.6 Å². The Morgan fingerprint density at radius 1 is 1.23 bits per heavy atom. The lowest BCUT2D eigenvalue weighted by atomic mass is 9.45. The summed E-state index contributed by atoms with van der Waals surface area (Å²) in [6.45, 7) is 3.58. The molecule has 30 heavy (non-hydrogen) atoms. The quantitative estimate of drug-likeness (QED) is 0.516. The van der Waals surface area contributed by atoms with Gasteiger partial charge in [0.2, 0.25) is 5.78 Å². The molecule has 4 rings (SSSR count). The van der Waals surface area contributed by atoms with Crippen LogP contribution in [-0.4, -0.2) is 51.9 Å². The predicted octanol–water partition coefficient (Wildman–Crippen LogP) is 2.57. The van der Waals surface area contributed by atoms with Crippen molar-refractivity contribution in [2.75, 3.05) is 12.5 Å². The summed E-state index contributed by atoms with van der Waals surface area (Å²) in [7, 11) is 0. The Morgan fingerprint density at radius 2 is 1.97 bits per heavy atom. The number of allylic oxidation sites excluding steroid dienone is 1. The van der Waals surface area contributed by atoms with E-state index in [0.29, 0.717) is 25.7 Å². The van der Waals surface area contributed by atoms with Gasteiger partial charge in [0, 0.05) is 11.8 Å². The molecule has 0 aliphatic heterocycles. The molecule has 3 fully saturated rings. The van der Waals surface area contributed by atoms with E-state index >= 15 is 0 Å². The fourth-order valence-electron chi connectivity index (χ4n) is 7.45. The van der Waals surface area contributed by atoms with Gasteiger partial charge in [-0.2, -0.15) is 0 Å². The van der Waals surface area contributed by atoms with Gasteiger partial charge in [0.1, 0.15) is 11.5 Å². The Bertz CT molecular complexity index is 808. The molecule has 0 aromatic heterocycles. The second-order valence-corrected chi connectivity index (χ2v) is 10.5. The van der Waals surface area contributed by atoms with Crippen LogP contribution < -0.4 is 0 Å². The van der Waals surface area contributed by atoms with E-state index in [0.717, 1.165) is 24.8 Å². The number of hydrogen-bond acceptors (Lipinski definition) is 6. The summed E-state index contributed by atoms with van der Waals surface area (Å²) in [6.07, 6.45) is 5.37. The monoisotopic (exact) mass is 438 g/mol. The van der Waals surface area contributed by atoms with Crippen molar-refractivity contribution in [2.24, 2.45) is 28.6 Å². The fraction of sp³-hybridized carbons (Fsp3) is 0.783. The lowest BCUT2D eigenvalue weighted by Gasteiger charge is -2.60. The number of aliphatic hydroxyl groups excluding tert-OH is 1. The summed E-state index contributed by atoms with van der Waals surface area (Å²) in [5.41, 5.74) is -1.46. The van der Waals surface area contributed by atoms with Crippen molar-refractivity contribution in [3.63, 3.8) is 0 Å². The van der Waals surface area contributed by atoms with Gasteiger partial charge in [0.25, 0.3) is 0 Å². The highest BCUT2D eigenvalue weighted by Gasteiger charge is 2.68. The van der Waals surface area contributed by atoms with E-state index in [9.17, 15) is 24.6 Å². The first-order valence-electron chi connectivity index (χ1n) is 11.0. The van der Waals surface area contributed by atoms with Crippen LogP contribution in [0.15, 0.2) is 11.6 Å². The van der Waals surface area contributed by atoms with Crippen LogP contribution in [0.2, 0.25) is 0 Å². The van der Waals surface area contributed by atoms with Crippen LogP contribution in [-0.2, 0) is 19.1 Å². The molecular weight excluding hydrogens is 408 g/mol. The Balaban J connectivity index is 1.62. The number of ketones is 2. The summed E-state index contributed by atoms with van der Waals surface area (Å²) in [6, 6.07) is 0. The van der Waals surface area contributed by atoms with Gasteiger partial charge in [0.15, 0.2) is 12.4 Å². The van der Waals surface area contributed by atoms with E-state index in [1.807, 2.05) is 6.92 Å². The molecule has 4 aliphatic carbocycles. The highest BCUT2D eigenvalue weighted by molar-refractivity contribution is 6.26. The molecule has 0 spiro atoms. The summed E-state index contributed by atoms with van der Waals surface area (Å²) < 4.78 is 4.90. The number of carbonyl (C=O) groups excluding carboxylic acids is 3. The molecular formula is C23H31ClO6. The van der Waals surface area contributed by atoms with Crippen molar-refractivity contribution in [2.45, 2.75) is 70.5 Å². The Labute approximate surface area is 182 Å². The molecule has 3 saturated carbocycles. The van der Waals surface area contributed by atoms with Gasteiger partial charge in [-0.05, 0) is 67.8 Å². The maximum atomic E-state index is 12.9. The molecule has 2 N–H and O–H groups in total. The molecule has 7 atom stereocenters. The number of carbonyl (C=O) groups is 3. The van der Waals surface area contributed by atoms with Gasteiger partial charge in [-0.1, -0.05) is 19.4 Å². The lowest BCUT2D eigenvalue weighted by molar-refractivity contribution is -0.184. The number of halogens is 1. The normalized spacial score (nSPS) is 45.1. The topological polar surface area (TPSA) is 101 Å². The number of hydrogen-bond donors (Lipinski definition) is 2. The van der Waals surface area contributed by atoms with Crippen molar-refractivity contribution in [1.29, 1.82) is 0 Å². The Hall–Kier alpha value is -1.24. The molecule has 0 bridgehead atoms.